The van der Waals surface area contributed by atoms with Crippen LogP contribution in [0.4, 0.5) is 35.0 Å². The number of pyridine rings is 3. The zero-order chi connectivity index (χ0) is 55.6. The molecule has 3 N–H and O–H groups in total. The molecule has 0 bridgehead atoms. The molecule has 0 amide bonds. The highest BCUT2D eigenvalue weighted by Crippen LogP contribution is 2.40. The summed E-state index contributed by atoms with van der Waals surface area (Å²) in [6.07, 6.45) is 13.7. The Morgan fingerprint density at radius 1 is 0.595 bits per heavy atom. The molecule has 2 saturated heterocycles. The van der Waals surface area contributed by atoms with E-state index in [1.54, 1.807) is 30.6 Å². The van der Waals surface area contributed by atoms with Gasteiger partial charge in [-0.3, -0.25) is 0 Å². The normalized spacial score (nSPS) is 17.2. The van der Waals surface area contributed by atoms with E-state index in [0.717, 1.165) is 101 Å². The first kappa shape index (κ1) is 55.4. The molecule has 4 aliphatic heterocycles. The van der Waals surface area contributed by atoms with Crippen LogP contribution in [0, 0.1) is 35.1 Å². The Bertz CT molecular complexity index is 3430. The molecule has 4 aliphatic rings. The minimum atomic E-state index is -0.645. The zero-order valence-electron chi connectivity index (χ0n) is 45.7. The third-order valence-electron chi connectivity index (χ3n) is 15.9. The van der Waals surface area contributed by atoms with Gasteiger partial charge in [-0.05, 0) is 189 Å². The Labute approximate surface area is 463 Å². The summed E-state index contributed by atoms with van der Waals surface area (Å²) in [6.45, 7) is 21.2. The van der Waals surface area contributed by atoms with Crippen molar-refractivity contribution in [1.29, 1.82) is 0 Å². The second-order valence-corrected chi connectivity index (χ2v) is 22.5. The van der Waals surface area contributed by atoms with Gasteiger partial charge in [0.15, 0.2) is 17.5 Å². The minimum absolute atomic E-state index is 0.0165. The van der Waals surface area contributed by atoms with E-state index in [1.165, 1.54) is 38.1 Å². The Kier molecular flexibility index (Phi) is 16.4. The highest BCUT2D eigenvalue weighted by Gasteiger charge is 2.35. The molecule has 0 saturated carbocycles. The molecule has 8 aromatic rings. The highest BCUT2D eigenvalue weighted by atomic mass is 35.5. The van der Waals surface area contributed by atoms with E-state index >= 15 is 4.39 Å². The average molecular weight is 1100 g/mol. The van der Waals surface area contributed by atoms with Crippen LogP contribution in [0.1, 0.15) is 91.7 Å². The summed E-state index contributed by atoms with van der Waals surface area (Å²) in [6, 6.07) is 15.0. The van der Waals surface area contributed by atoms with Crippen molar-refractivity contribution in [1.82, 2.24) is 53.8 Å². The number of aryl methyl sites for hydroxylation is 2. The van der Waals surface area contributed by atoms with Crippen molar-refractivity contribution in [3.8, 4) is 33.9 Å². The summed E-state index contributed by atoms with van der Waals surface area (Å²) >= 11 is 5.74. The smallest absolute Gasteiger partial charge is 0.223 e. The molecule has 0 spiro atoms. The molecule has 0 radical (unpaired) electrons. The van der Waals surface area contributed by atoms with Crippen LogP contribution < -0.4 is 20.5 Å². The number of halogens is 5. The number of anilines is 3. The van der Waals surface area contributed by atoms with E-state index in [2.05, 4.69) is 96.1 Å². The monoisotopic (exact) mass is 1100 g/mol. The number of nitrogens with zero attached hydrogens (tertiary/aromatic N) is 11. The Hall–Kier alpha value is -6.96. The second-order valence-electron chi connectivity index (χ2n) is 22.2. The number of rotatable bonds is 12. The van der Waals surface area contributed by atoms with E-state index in [9.17, 15) is 13.2 Å². The van der Waals surface area contributed by atoms with E-state index in [-0.39, 0.29) is 27.6 Å². The number of likely N-dealkylation sites (tertiary alicyclic amines) is 2. The summed E-state index contributed by atoms with van der Waals surface area (Å²) < 4.78 is 74.4. The van der Waals surface area contributed by atoms with Crippen LogP contribution >= 0.6 is 11.6 Å². The van der Waals surface area contributed by atoms with Crippen molar-refractivity contribution < 1.29 is 27.0 Å². The van der Waals surface area contributed by atoms with Gasteiger partial charge in [0.25, 0.3) is 0 Å². The molecular weight excluding hydrogens is 1030 g/mol. The maximum atomic E-state index is 15.1. The predicted octanol–water partition coefficient (Wildman–Crippen LogP) is 12.2. The van der Waals surface area contributed by atoms with Crippen LogP contribution in [-0.2, 0) is 23.9 Å². The average Bonchev–Trinajstić information content (AvgIpc) is 4.30. The zero-order valence-corrected chi connectivity index (χ0v) is 46.4. The number of nitrogens with one attached hydrogen (secondary N) is 1. The van der Waals surface area contributed by atoms with Crippen LogP contribution in [0.5, 0.6) is 11.5 Å². The van der Waals surface area contributed by atoms with Crippen molar-refractivity contribution in [2.45, 2.75) is 104 Å². The number of piperidine rings is 2. The van der Waals surface area contributed by atoms with Gasteiger partial charge in [-0.25, -0.2) is 52.4 Å². The Morgan fingerprint density at radius 3 is 1.62 bits per heavy atom. The largest absolute Gasteiger partial charge is 0.492 e. The van der Waals surface area contributed by atoms with Crippen LogP contribution in [-0.4, -0.2) is 106 Å². The first-order valence-electron chi connectivity index (χ1n) is 27.4. The number of ether oxygens (including phenoxy) is 2. The minimum Gasteiger partial charge on any atom is -0.492 e. The first-order valence-corrected chi connectivity index (χ1v) is 27.7. The van der Waals surface area contributed by atoms with Crippen LogP contribution in [0.15, 0.2) is 79.4 Å². The summed E-state index contributed by atoms with van der Waals surface area (Å²) in [7, 11) is 0. The van der Waals surface area contributed by atoms with Crippen molar-refractivity contribution >= 4 is 51.1 Å². The lowest BCUT2D eigenvalue weighted by Crippen LogP contribution is -2.35. The van der Waals surface area contributed by atoms with Crippen molar-refractivity contribution in [2.24, 2.45) is 11.8 Å². The fourth-order valence-corrected chi connectivity index (χ4v) is 11.3. The lowest BCUT2D eigenvalue weighted by molar-refractivity contribution is 0.145. The number of fused-ring (bicyclic) bond motifs is 6. The fraction of sp³-hybridized carbons (Fsp3) is 0.441. The van der Waals surface area contributed by atoms with E-state index in [0.29, 0.717) is 74.8 Å². The third kappa shape index (κ3) is 12.4. The lowest BCUT2D eigenvalue weighted by Gasteiger charge is -2.30. The van der Waals surface area contributed by atoms with Gasteiger partial charge in [0.1, 0.15) is 63.1 Å². The number of imidazole rings is 2. The van der Waals surface area contributed by atoms with Gasteiger partial charge in [-0.2, -0.15) is 0 Å². The molecule has 0 atom stereocenters. The summed E-state index contributed by atoms with van der Waals surface area (Å²) in [5.74, 6) is 3.86. The number of nitrogens with two attached hydrogens (primary N) is 1. The molecule has 0 aliphatic carbocycles. The van der Waals surface area contributed by atoms with Crippen molar-refractivity contribution in [3.05, 3.63) is 120 Å². The molecule has 2 aromatic carbocycles. The molecule has 20 heteroatoms. The van der Waals surface area contributed by atoms with E-state index < -0.39 is 23.3 Å². The quantitative estimate of drug-likeness (QED) is 0.0878. The van der Waals surface area contributed by atoms with Gasteiger partial charge >= 0.3 is 0 Å². The van der Waals surface area contributed by atoms with Gasteiger partial charge in [0.2, 0.25) is 5.28 Å². The Balaban J connectivity index is 0.000000148. The maximum Gasteiger partial charge on any atom is 0.223 e. The highest BCUT2D eigenvalue weighted by molar-refractivity contribution is 6.28. The third-order valence-corrected chi connectivity index (χ3v) is 16.1. The van der Waals surface area contributed by atoms with Crippen LogP contribution in [0.25, 0.3) is 44.5 Å². The molecule has 79 heavy (non-hydrogen) atoms. The SMILES string of the molecule is CC1(C)CCc2nc3c(F)cc(-c4nc(Cl)ncc4F)cc3n21.CCN1CCC(COc2ccc(N)nc2)CC1.CCN1CCC(COc2ccc(Nc3cc(-c4cc(F)c5nc6n(c5c4)C(C)(C)CC6)c(F)cn3)nc2)CC1. The van der Waals surface area contributed by atoms with Crippen molar-refractivity contribution in [3.63, 3.8) is 0 Å². The van der Waals surface area contributed by atoms with Crippen LogP contribution in [0.3, 0.4) is 0 Å². The molecule has 2 fully saturated rings. The molecule has 6 aromatic heterocycles. The second kappa shape index (κ2) is 23.4. The number of aromatic nitrogens is 9. The number of nitrogen functional groups attached to an aromatic ring is 1. The summed E-state index contributed by atoms with van der Waals surface area (Å²) in [4.78, 5) is 34.0. The van der Waals surface area contributed by atoms with E-state index in [4.69, 9.17) is 26.8 Å². The maximum absolute atomic E-state index is 15.1. The Morgan fingerprint density at radius 2 is 1.10 bits per heavy atom. The van der Waals surface area contributed by atoms with Crippen molar-refractivity contribution in [2.75, 3.05) is 63.5 Å². The topological polar surface area (TPSA) is 163 Å². The number of hydrogen-bond donors (Lipinski definition) is 2. The number of hydrogen-bond acceptors (Lipinski definition) is 13. The number of benzene rings is 2. The summed E-state index contributed by atoms with van der Waals surface area (Å²) in [5, 5.41) is 3.04. The molecule has 416 valence electrons. The first-order chi connectivity index (χ1) is 37.9. The standard InChI is InChI=1S/C30H34F2N6O.C16H13ClF2N4.C13H21N3O/c1-4-37-11-8-19(9-12-37)18-39-21-5-6-26(33-16-21)35-27-15-22(24(32)17-34-27)20-13-23(31)29-25(14-20)38-28(36-29)7-10-30(38,2)3;1-16(2)4-3-12-21-14-9(18)5-8(6-11(14)23(12)16)13-10(19)7-20-15(17)22-13;1-2-16-7-5-11(6-8-16)10-17-12-3-4-13(14)15-9-12/h5-6,13-17,19H,4,7-12,18H2,1-3H3,(H,33,34,35);5-7H,3-4H2,1-2H3;3-4,9,11H,2,5-8,10H2,1H3,(H2,14,15). The fourth-order valence-electron chi connectivity index (χ4n) is 11.2. The van der Waals surface area contributed by atoms with E-state index in [1.807, 2.05) is 28.8 Å². The van der Waals surface area contributed by atoms with Gasteiger partial charge in [-0.1, -0.05) is 13.8 Å². The van der Waals surface area contributed by atoms with Gasteiger partial charge in [-0.15, -0.1) is 0 Å². The van der Waals surface area contributed by atoms with Gasteiger partial charge < -0.3 is 39.5 Å². The lowest BCUT2D eigenvalue weighted by atomic mass is 9.98. The predicted molar refractivity (Wildman–Crippen MR) is 301 cm³/mol. The summed E-state index contributed by atoms with van der Waals surface area (Å²) in [5.41, 5.74) is 8.15. The molecule has 12 rings (SSSR count). The van der Waals surface area contributed by atoms with Gasteiger partial charge in [0.05, 0.1) is 49.0 Å². The van der Waals surface area contributed by atoms with Crippen LogP contribution in [0.2, 0.25) is 5.28 Å². The molecule has 0 unspecified atom stereocenters. The molecule has 15 nitrogen and oxygen atoms in total. The molecule has 10 heterocycles. The van der Waals surface area contributed by atoms with Gasteiger partial charge in [0, 0.05) is 35.0 Å². The molecular formula is C59H68ClF4N13O2.